The number of para-hydroxylation sites is 1. The molecule has 1 amide bonds. The molecule has 0 saturated heterocycles. The van der Waals surface area contributed by atoms with Gasteiger partial charge in [-0.3, -0.25) is 14.4 Å². The van der Waals surface area contributed by atoms with E-state index in [1.54, 1.807) is 30.3 Å². The van der Waals surface area contributed by atoms with Gasteiger partial charge >= 0.3 is 0 Å². The summed E-state index contributed by atoms with van der Waals surface area (Å²) in [7, 11) is 0. The average molecular weight is 369 g/mol. The van der Waals surface area contributed by atoms with Crippen molar-refractivity contribution >= 4 is 40.2 Å². The number of H-pyrrole nitrogens is 1. The zero-order chi connectivity index (χ0) is 18.7. The molecule has 0 fully saturated rings. The molecule has 0 aliphatic carbocycles. The Morgan fingerprint density at radius 3 is 2.58 bits per heavy atom. The quantitative estimate of drug-likeness (QED) is 0.489. The number of carbonyl (C=O) groups excluding carboxylic acids is 1. The maximum Gasteiger partial charge on any atom is 0.296 e. The molecule has 0 aliphatic rings. The Labute approximate surface area is 152 Å². The van der Waals surface area contributed by atoms with Crippen LogP contribution in [-0.2, 0) is 4.79 Å². The van der Waals surface area contributed by atoms with Crippen molar-refractivity contribution in [2.24, 2.45) is 0 Å². The first-order valence-corrected chi connectivity index (χ1v) is 7.96. The van der Waals surface area contributed by atoms with Gasteiger partial charge in [0.05, 0.1) is 11.1 Å². The van der Waals surface area contributed by atoms with E-state index in [-0.39, 0.29) is 16.5 Å². The number of nitrogens with one attached hydrogen (secondary N) is 2. The minimum absolute atomic E-state index is 0.213. The van der Waals surface area contributed by atoms with Crippen molar-refractivity contribution in [3.8, 4) is 5.75 Å². The van der Waals surface area contributed by atoms with Crippen molar-refractivity contribution in [3.63, 3.8) is 0 Å². The molecular weight excluding hydrogens is 356 g/mol. The Hall–Kier alpha value is -3.38. The van der Waals surface area contributed by atoms with Crippen molar-refractivity contribution in [2.45, 2.75) is 0 Å². The number of aromatic hydroxyl groups is 1. The Bertz CT molecular complexity index is 1140. The van der Waals surface area contributed by atoms with E-state index in [0.29, 0.717) is 10.7 Å². The van der Waals surface area contributed by atoms with Crippen molar-refractivity contribution < 1.29 is 9.90 Å². The molecule has 0 bridgehead atoms. The van der Waals surface area contributed by atoms with E-state index in [9.17, 15) is 19.5 Å². The zero-order valence-corrected chi connectivity index (χ0v) is 14.1. The highest BCUT2D eigenvalue weighted by Crippen LogP contribution is 2.26. The molecule has 6 nitrogen and oxygen atoms in total. The fourth-order valence-electron chi connectivity index (χ4n) is 2.40. The lowest BCUT2D eigenvalue weighted by Crippen LogP contribution is -2.25. The van der Waals surface area contributed by atoms with Crippen LogP contribution in [0.3, 0.4) is 0 Å². The third-order valence-corrected chi connectivity index (χ3v) is 3.87. The van der Waals surface area contributed by atoms with Crippen LogP contribution in [0.5, 0.6) is 5.75 Å². The van der Waals surface area contributed by atoms with Gasteiger partial charge in [-0.1, -0.05) is 29.8 Å². The summed E-state index contributed by atoms with van der Waals surface area (Å²) in [5, 5.41) is 13.6. The molecule has 3 aromatic rings. The molecule has 7 heteroatoms. The largest absolute Gasteiger partial charge is 0.506 e. The maximum atomic E-state index is 12.2. The van der Waals surface area contributed by atoms with Gasteiger partial charge in [0.15, 0.2) is 0 Å². The number of hydrogen-bond acceptors (Lipinski definition) is 4. The second-order valence-corrected chi connectivity index (χ2v) is 5.86. The van der Waals surface area contributed by atoms with E-state index < -0.39 is 22.6 Å². The monoisotopic (exact) mass is 368 g/mol. The Balaban J connectivity index is 2.05. The van der Waals surface area contributed by atoms with Crippen LogP contribution in [0.1, 0.15) is 5.56 Å². The molecule has 130 valence electrons. The number of hydrogen-bond donors (Lipinski definition) is 3. The number of aromatic amines is 1. The molecule has 0 spiro atoms. The molecule has 3 N–H and O–H groups in total. The van der Waals surface area contributed by atoms with Crippen LogP contribution in [0.15, 0.2) is 64.2 Å². The van der Waals surface area contributed by atoms with E-state index in [4.69, 9.17) is 11.6 Å². The molecule has 1 heterocycles. The normalized spacial score (nSPS) is 11.0. The smallest absolute Gasteiger partial charge is 0.296 e. The van der Waals surface area contributed by atoms with Gasteiger partial charge in [0, 0.05) is 22.2 Å². The van der Waals surface area contributed by atoms with Gasteiger partial charge in [0.1, 0.15) is 5.75 Å². The van der Waals surface area contributed by atoms with Gasteiger partial charge in [0.2, 0.25) is 5.91 Å². The van der Waals surface area contributed by atoms with Gasteiger partial charge in [0.25, 0.3) is 11.0 Å². The minimum atomic E-state index is -0.960. The van der Waals surface area contributed by atoms with Crippen LogP contribution >= 0.6 is 11.6 Å². The molecule has 1 aromatic heterocycles. The first-order valence-electron chi connectivity index (χ1n) is 7.58. The van der Waals surface area contributed by atoms with Crippen molar-refractivity contribution in [2.75, 3.05) is 5.32 Å². The summed E-state index contributed by atoms with van der Waals surface area (Å²) in [5.41, 5.74) is -1.39. The van der Waals surface area contributed by atoms with Crippen LogP contribution in [-0.4, -0.2) is 16.0 Å². The average Bonchev–Trinajstić information content (AvgIpc) is 2.70. The van der Waals surface area contributed by atoms with Crippen LogP contribution in [0.25, 0.3) is 17.0 Å². The molecule has 26 heavy (non-hydrogen) atoms. The lowest BCUT2D eigenvalue weighted by molar-refractivity contribution is -0.111. The summed E-state index contributed by atoms with van der Waals surface area (Å²) < 4.78 is 0. The van der Waals surface area contributed by atoms with E-state index in [1.807, 2.05) is 0 Å². The highest BCUT2D eigenvalue weighted by atomic mass is 35.5. The molecule has 0 saturated carbocycles. The van der Waals surface area contributed by atoms with Gasteiger partial charge in [-0.05, 0) is 36.4 Å². The van der Waals surface area contributed by atoms with Crippen molar-refractivity contribution in [1.29, 1.82) is 0 Å². The maximum absolute atomic E-state index is 12.2. The van der Waals surface area contributed by atoms with Crippen LogP contribution in [0, 0.1) is 0 Å². The van der Waals surface area contributed by atoms with Crippen molar-refractivity contribution in [1.82, 2.24) is 4.98 Å². The lowest BCUT2D eigenvalue weighted by atomic mass is 10.1. The van der Waals surface area contributed by atoms with Gasteiger partial charge in [-0.25, -0.2) is 0 Å². The Morgan fingerprint density at radius 1 is 1.12 bits per heavy atom. The van der Waals surface area contributed by atoms with Crippen LogP contribution < -0.4 is 16.3 Å². The fourth-order valence-corrected chi connectivity index (χ4v) is 2.57. The molecular formula is C19H13ClN2O4. The van der Waals surface area contributed by atoms with E-state index in [1.165, 1.54) is 18.2 Å². The predicted octanol–water partition coefficient (Wildman–Crippen LogP) is 2.90. The summed E-state index contributed by atoms with van der Waals surface area (Å²) in [4.78, 5) is 38.6. The van der Waals surface area contributed by atoms with Gasteiger partial charge in [-0.15, -0.1) is 0 Å². The van der Waals surface area contributed by atoms with E-state index >= 15 is 0 Å². The summed E-state index contributed by atoms with van der Waals surface area (Å²) in [6, 6.07) is 13.1. The standard InChI is InChI=1S/C19H13ClN2O4/c20-11-6-7-13-15(10-11)22-19(26)18(25)14(17(13)24)8-9-16(23)21-12-4-2-1-3-5-12/h1-10,24H,(H,21,23)(H,22,25,26). The molecule has 0 unspecified atom stereocenters. The van der Waals surface area contributed by atoms with Crippen molar-refractivity contribution in [3.05, 3.63) is 85.8 Å². The van der Waals surface area contributed by atoms with Gasteiger partial charge < -0.3 is 15.4 Å². The number of benzene rings is 2. The highest BCUT2D eigenvalue weighted by molar-refractivity contribution is 6.31. The first kappa shape index (κ1) is 17.4. The molecule has 0 atom stereocenters. The Kier molecular flexibility index (Phi) is 4.86. The number of carbonyl (C=O) groups is 1. The predicted molar refractivity (Wildman–Crippen MR) is 102 cm³/mol. The second-order valence-electron chi connectivity index (χ2n) is 5.42. The zero-order valence-electron chi connectivity index (χ0n) is 13.3. The van der Waals surface area contributed by atoms with Gasteiger partial charge in [-0.2, -0.15) is 0 Å². The third kappa shape index (κ3) is 3.65. The molecule has 0 radical (unpaired) electrons. The van der Waals surface area contributed by atoms with Crippen LogP contribution in [0.4, 0.5) is 5.69 Å². The summed E-state index contributed by atoms with van der Waals surface area (Å²) in [6.07, 6.45) is 2.18. The number of aromatic nitrogens is 1. The summed E-state index contributed by atoms with van der Waals surface area (Å²) >= 11 is 5.88. The second kappa shape index (κ2) is 7.25. The number of halogens is 1. The summed E-state index contributed by atoms with van der Waals surface area (Å²) in [5.74, 6) is -0.922. The number of rotatable bonds is 3. The summed E-state index contributed by atoms with van der Waals surface area (Å²) in [6.45, 7) is 0. The molecule has 2 aromatic carbocycles. The van der Waals surface area contributed by atoms with E-state index in [2.05, 4.69) is 10.3 Å². The minimum Gasteiger partial charge on any atom is -0.506 e. The third-order valence-electron chi connectivity index (χ3n) is 3.63. The number of fused-ring (bicyclic) bond motifs is 1. The SMILES string of the molecule is O=C(C=Cc1c(O)c2ccc(Cl)cc2[nH]c(=O)c1=O)Nc1ccccc1. The number of anilines is 1. The van der Waals surface area contributed by atoms with Crippen LogP contribution in [0.2, 0.25) is 5.02 Å². The fraction of sp³-hybridized carbons (Fsp3) is 0. The number of amides is 1. The molecule has 0 aliphatic heterocycles. The molecule has 3 rings (SSSR count). The highest BCUT2D eigenvalue weighted by Gasteiger charge is 2.11. The first-order chi connectivity index (χ1) is 12.5. The van der Waals surface area contributed by atoms with E-state index in [0.717, 1.165) is 12.2 Å². The topological polar surface area (TPSA) is 99.3 Å². The lowest BCUT2D eigenvalue weighted by Gasteiger charge is -2.01. The Morgan fingerprint density at radius 2 is 1.85 bits per heavy atom.